The van der Waals surface area contributed by atoms with E-state index in [9.17, 15) is 17.6 Å². The molecule has 1 fully saturated rings. The van der Waals surface area contributed by atoms with Crippen LogP contribution in [-0.4, -0.2) is 56.3 Å². The monoisotopic (exact) mass is 419 g/mol. The van der Waals surface area contributed by atoms with Gasteiger partial charge in [0.25, 0.3) is 0 Å². The van der Waals surface area contributed by atoms with Gasteiger partial charge in [-0.25, -0.2) is 12.8 Å². The number of hydrogen-bond donors (Lipinski definition) is 1. The number of nitrogens with one attached hydrogen (secondary N) is 1. The lowest BCUT2D eigenvalue weighted by Gasteiger charge is -2.34. The van der Waals surface area contributed by atoms with Gasteiger partial charge in [0.05, 0.1) is 12.3 Å². The summed E-state index contributed by atoms with van der Waals surface area (Å²) < 4.78 is 40.5. The molecule has 1 saturated heterocycles. The summed E-state index contributed by atoms with van der Waals surface area (Å²) in [6, 6.07) is 15.2. The van der Waals surface area contributed by atoms with Crippen LogP contribution in [0.3, 0.4) is 0 Å². The lowest BCUT2D eigenvalue weighted by Crippen LogP contribution is -2.52. The summed E-state index contributed by atoms with van der Waals surface area (Å²) in [6.07, 6.45) is 0. The van der Waals surface area contributed by atoms with Gasteiger partial charge in [-0.05, 0) is 18.6 Å². The molecule has 1 amide bonds. The molecule has 1 heterocycles. The van der Waals surface area contributed by atoms with Crippen molar-refractivity contribution in [3.63, 3.8) is 0 Å². The van der Waals surface area contributed by atoms with Gasteiger partial charge in [0, 0.05) is 37.8 Å². The fourth-order valence-electron chi connectivity index (χ4n) is 3.38. The zero-order chi connectivity index (χ0) is 20.9. The quantitative estimate of drug-likeness (QED) is 0.747. The highest BCUT2D eigenvalue weighted by Crippen LogP contribution is 2.16. The van der Waals surface area contributed by atoms with Crippen molar-refractivity contribution in [2.24, 2.45) is 0 Å². The lowest BCUT2D eigenvalue weighted by molar-refractivity contribution is -0.131. The number of rotatable bonds is 7. The van der Waals surface area contributed by atoms with E-state index in [0.717, 1.165) is 5.56 Å². The SMILES string of the molecule is CC(NCC(=O)N1CCN(S(=O)(=O)Cc2ccccc2)CC1)c1ccccc1F. The normalized spacial score (nSPS) is 16.6. The van der Waals surface area contributed by atoms with Gasteiger partial charge in [-0.1, -0.05) is 48.5 Å². The number of sulfonamides is 1. The average Bonchev–Trinajstić information content (AvgIpc) is 2.72. The van der Waals surface area contributed by atoms with Crippen molar-refractivity contribution < 1.29 is 17.6 Å². The molecule has 0 bridgehead atoms. The minimum Gasteiger partial charge on any atom is -0.339 e. The second-order valence-corrected chi connectivity index (χ2v) is 9.11. The van der Waals surface area contributed by atoms with Crippen LogP contribution in [0.4, 0.5) is 4.39 Å². The highest BCUT2D eigenvalue weighted by molar-refractivity contribution is 7.88. The Balaban J connectivity index is 1.48. The molecule has 156 valence electrons. The van der Waals surface area contributed by atoms with E-state index in [-0.39, 0.29) is 43.2 Å². The van der Waals surface area contributed by atoms with E-state index in [1.807, 2.05) is 18.2 Å². The van der Waals surface area contributed by atoms with Crippen LogP contribution in [0.2, 0.25) is 0 Å². The first-order valence-electron chi connectivity index (χ1n) is 9.64. The van der Waals surface area contributed by atoms with Gasteiger partial charge < -0.3 is 10.2 Å². The first-order chi connectivity index (χ1) is 13.9. The Morgan fingerprint density at radius 2 is 1.66 bits per heavy atom. The zero-order valence-corrected chi connectivity index (χ0v) is 17.2. The van der Waals surface area contributed by atoms with E-state index in [1.165, 1.54) is 10.4 Å². The maximum absolute atomic E-state index is 13.8. The molecule has 2 aromatic rings. The standard InChI is InChI=1S/C21H26FN3O3S/c1-17(19-9-5-6-10-20(19)22)23-15-21(26)24-11-13-25(14-12-24)29(27,28)16-18-7-3-2-4-8-18/h2-10,17,23H,11-16H2,1H3. The van der Waals surface area contributed by atoms with Crippen molar-refractivity contribution in [2.75, 3.05) is 32.7 Å². The Hall–Kier alpha value is -2.29. The molecule has 8 heteroatoms. The number of benzene rings is 2. The molecule has 1 atom stereocenters. The van der Waals surface area contributed by atoms with E-state index in [1.54, 1.807) is 42.2 Å². The third-order valence-electron chi connectivity index (χ3n) is 5.11. The fraction of sp³-hybridized carbons (Fsp3) is 0.381. The first kappa shape index (κ1) is 21.4. The second-order valence-electron chi connectivity index (χ2n) is 7.15. The minimum atomic E-state index is -3.41. The summed E-state index contributed by atoms with van der Waals surface area (Å²) in [5, 5.41) is 3.05. The molecule has 1 unspecified atom stereocenters. The van der Waals surface area contributed by atoms with Gasteiger partial charge in [0.15, 0.2) is 0 Å². The first-order valence-corrected chi connectivity index (χ1v) is 11.2. The van der Waals surface area contributed by atoms with Crippen LogP contribution in [-0.2, 0) is 20.6 Å². The summed E-state index contributed by atoms with van der Waals surface area (Å²) in [5.74, 6) is -0.464. The Morgan fingerprint density at radius 1 is 1.03 bits per heavy atom. The molecular weight excluding hydrogens is 393 g/mol. The highest BCUT2D eigenvalue weighted by Gasteiger charge is 2.29. The van der Waals surface area contributed by atoms with Gasteiger partial charge in [-0.2, -0.15) is 4.31 Å². The summed E-state index contributed by atoms with van der Waals surface area (Å²) in [7, 11) is -3.41. The van der Waals surface area contributed by atoms with Crippen molar-refractivity contribution in [2.45, 2.75) is 18.7 Å². The van der Waals surface area contributed by atoms with Crippen molar-refractivity contribution in [3.05, 3.63) is 71.5 Å². The largest absolute Gasteiger partial charge is 0.339 e. The third-order valence-corrected chi connectivity index (χ3v) is 6.96. The van der Waals surface area contributed by atoms with E-state index in [4.69, 9.17) is 0 Å². The molecule has 0 saturated carbocycles. The van der Waals surface area contributed by atoms with Crippen LogP contribution < -0.4 is 5.32 Å². The summed E-state index contributed by atoms with van der Waals surface area (Å²) in [6.45, 7) is 3.14. The van der Waals surface area contributed by atoms with E-state index in [0.29, 0.717) is 18.7 Å². The van der Waals surface area contributed by atoms with Crippen LogP contribution in [0.1, 0.15) is 24.1 Å². The Bertz CT molecular complexity index is 929. The molecule has 29 heavy (non-hydrogen) atoms. The number of hydrogen-bond acceptors (Lipinski definition) is 4. The Kier molecular flexibility index (Phi) is 7.00. The topological polar surface area (TPSA) is 69.7 Å². The number of amides is 1. The van der Waals surface area contributed by atoms with Crippen LogP contribution >= 0.6 is 0 Å². The predicted molar refractivity (Wildman–Crippen MR) is 110 cm³/mol. The molecule has 0 aliphatic carbocycles. The maximum Gasteiger partial charge on any atom is 0.236 e. The molecule has 0 aromatic heterocycles. The zero-order valence-electron chi connectivity index (χ0n) is 16.4. The lowest BCUT2D eigenvalue weighted by atomic mass is 10.1. The second kappa shape index (κ2) is 9.47. The number of halogens is 1. The van der Waals surface area contributed by atoms with E-state index >= 15 is 0 Å². The molecular formula is C21H26FN3O3S. The highest BCUT2D eigenvalue weighted by atomic mass is 32.2. The maximum atomic E-state index is 13.8. The van der Waals surface area contributed by atoms with Crippen LogP contribution in [0, 0.1) is 5.82 Å². The number of carbonyl (C=O) groups is 1. The molecule has 1 aliphatic heterocycles. The fourth-order valence-corrected chi connectivity index (χ4v) is 4.90. The van der Waals surface area contributed by atoms with Gasteiger partial charge >= 0.3 is 0 Å². The molecule has 6 nitrogen and oxygen atoms in total. The molecule has 3 rings (SSSR count). The third kappa shape index (κ3) is 5.62. The Morgan fingerprint density at radius 3 is 2.31 bits per heavy atom. The molecule has 1 N–H and O–H groups in total. The van der Waals surface area contributed by atoms with Gasteiger partial charge in [0.1, 0.15) is 5.82 Å². The van der Waals surface area contributed by atoms with E-state index < -0.39 is 10.0 Å². The number of nitrogens with zero attached hydrogens (tertiary/aromatic N) is 2. The van der Waals surface area contributed by atoms with Crippen LogP contribution in [0.15, 0.2) is 54.6 Å². The molecule has 0 radical (unpaired) electrons. The van der Waals surface area contributed by atoms with Crippen molar-refractivity contribution in [1.29, 1.82) is 0 Å². The number of piperazine rings is 1. The Labute approximate surface area is 171 Å². The summed E-state index contributed by atoms with van der Waals surface area (Å²) in [5.41, 5.74) is 1.26. The summed E-state index contributed by atoms with van der Waals surface area (Å²) in [4.78, 5) is 14.1. The minimum absolute atomic E-state index is 0.0382. The smallest absolute Gasteiger partial charge is 0.236 e. The van der Waals surface area contributed by atoms with Gasteiger partial charge in [0.2, 0.25) is 15.9 Å². The average molecular weight is 420 g/mol. The van der Waals surface area contributed by atoms with Gasteiger partial charge in [-0.15, -0.1) is 0 Å². The number of carbonyl (C=O) groups excluding carboxylic acids is 1. The van der Waals surface area contributed by atoms with Gasteiger partial charge in [-0.3, -0.25) is 4.79 Å². The van der Waals surface area contributed by atoms with Crippen molar-refractivity contribution in [1.82, 2.24) is 14.5 Å². The summed E-state index contributed by atoms with van der Waals surface area (Å²) >= 11 is 0. The predicted octanol–water partition coefficient (Wildman–Crippen LogP) is 2.15. The van der Waals surface area contributed by atoms with Crippen LogP contribution in [0.25, 0.3) is 0 Å². The van der Waals surface area contributed by atoms with Crippen LogP contribution in [0.5, 0.6) is 0 Å². The van der Waals surface area contributed by atoms with E-state index in [2.05, 4.69) is 5.32 Å². The molecule has 1 aliphatic rings. The molecule has 0 spiro atoms. The van der Waals surface area contributed by atoms with Crippen molar-refractivity contribution in [3.8, 4) is 0 Å². The van der Waals surface area contributed by atoms with Crippen molar-refractivity contribution >= 4 is 15.9 Å². The molecule has 2 aromatic carbocycles.